The minimum absolute atomic E-state index is 0.00468. The minimum atomic E-state index is -1.05. The van der Waals surface area contributed by atoms with Crippen LogP contribution in [0.15, 0.2) is 85.1 Å². The molecular formula is C61H58ClF4N11O6S. The Hall–Kier alpha value is -7.94. The van der Waals surface area contributed by atoms with Crippen molar-refractivity contribution >= 4 is 66.6 Å². The van der Waals surface area contributed by atoms with Crippen LogP contribution < -0.4 is 30.7 Å². The third kappa shape index (κ3) is 10.9. The molecule has 4 aliphatic heterocycles. The molecule has 12 rings (SSSR count). The van der Waals surface area contributed by atoms with Crippen LogP contribution in [0.25, 0.3) is 54.5 Å². The summed E-state index contributed by atoms with van der Waals surface area (Å²) in [5, 5.41) is 38.1. The summed E-state index contributed by atoms with van der Waals surface area (Å²) < 4.78 is 79.0. The van der Waals surface area contributed by atoms with Crippen LogP contribution in [0.3, 0.4) is 0 Å². The van der Waals surface area contributed by atoms with Crippen molar-refractivity contribution in [1.29, 1.82) is 5.26 Å². The number of fused-ring (bicyclic) bond motifs is 4. The Morgan fingerprint density at radius 3 is 2.31 bits per heavy atom. The quantitative estimate of drug-likeness (QED) is 0.0702. The molecule has 8 aromatic rings. The molecule has 84 heavy (non-hydrogen) atoms. The molecule has 23 heteroatoms. The number of aliphatic hydroxyl groups excluding tert-OH is 1. The van der Waals surface area contributed by atoms with Crippen LogP contribution in [0.1, 0.15) is 81.6 Å². The Bertz CT molecular complexity index is 3860. The first kappa shape index (κ1) is 56.5. The Balaban J connectivity index is 0.812. The molecule has 0 radical (unpaired) electrons. The Kier molecular flexibility index (Phi) is 15.7. The van der Waals surface area contributed by atoms with Gasteiger partial charge in [-0.25, -0.2) is 22.2 Å². The molecule has 4 aliphatic rings. The summed E-state index contributed by atoms with van der Waals surface area (Å²) in [6.07, 6.45) is 3.85. The molecule has 6 atom stereocenters. The number of amides is 2. The Morgan fingerprint density at radius 2 is 1.62 bits per heavy atom. The van der Waals surface area contributed by atoms with E-state index in [0.29, 0.717) is 101 Å². The molecule has 0 saturated carbocycles. The van der Waals surface area contributed by atoms with Gasteiger partial charge in [-0.2, -0.15) is 15.2 Å². The van der Waals surface area contributed by atoms with Gasteiger partial charge >= 0.3 is 6.01 Å². The van der Waals surface area contributed by atoms with Crippen LogP contribution in [0.4, 0.5) is 28.4 Å². The highest BCUT2D eigenvalue weighted by molar-refractivity contribution is 7.23. The number of nitriles is 1. The van der Waals surface area contributed by atoms with E-state index in [1.165, 1.54) is 27.8 Å². The monoisotopic (exact) mass is 1180 g/mol. The number of β-amino-alcohol motifs (C(OH)–C–C–N with tert-alkyl or cyclic N) is 1. The number of carbonyl (C=O) groups excluding carboxylic acids is 2. The Morgan fingerprint density at radius 1 is 0.917 bits per heavy atom. The zero-order valence-electron chi connectivity index (χ0n) is 45.9. The number of anilines is 2. The number of aromatic nitrogens is 5. The number of hydrogen-bond donors (Lipinski definition) is 4. The van der Waals surface area contributed by atoms with Gasteiger partial charge in [0.05, 0.1) is 52.4 Å². The third-order valence-electron chi connectivity index (χ3n) is 16.3. The molecule has 4 fully saturated rings. The summed E-state index contributed by atoms with van der Waals surface area (Å²) in [6.45, 7) is 7.79. The van der Waals surface area contributed by atoms with Gasteiger partial charge in [0.1, 0.15) is 76.2 Å². The average molecular weight is 1180 g/mol. The van der Waals surface area contributed by atoms with Crippen molar-refractivity contribution in [2.75, 3.05) is 43.5 Å². The molecular weight excluding hydrogens is 1130 g/mol. The second kappa shape index (κ2) is 23.3. The number of nitrogen functional groups attached to an aromatic ring is 1. The minimum Gasteiger partial charge on any atom is -0.486 e. The van der Waals surface area contributed by atoms with Gasteiger partial charge in [0, 0.05) is 85.0 Å². The number of nitrogens with one attached hydrogen (secondary N) is 2. The highest BCUT2D eigenvalue weighted by Gasteiger charge is 2.43. The summed E-state index contributed by atoms with van der Waals surface area (Å²) in [4.78, 5) is 42.3. The van der Waals surface area contributed by atoms with Crippen LogP contribution in [0.2, 0.25) is 5.02 Å². The summed E-state index contributed by atoms with van der Waals surface area (Å²) in [6, 6.07) is 19.8. The molecule has 2 amide bonds. The first-order chi connectivity index (χ1) is 40.5. The van der Waals surface area contributed by atoms with E-state index in [0.717, 1.165) is 29.7 Å². The molecule has 0 aliphatic carbocycles. The molecule has 434 valence electrons. The lowest BCUT2D eigenvalue weighted by molar-refractivity contribution is -0.142. The van der Waals surface area contributed by atoms with Crippen molar-refractivity contribution in [3.63, 3.8) is 0 Å². The second-order valence-electron chi connectivity index (χ2n) is 22.3. The van der Waals surface area contributed by atoms with E-state index in [4.69, 9.17) is 41.5 Å². The molecule has 5 N–H and O–H groups in total. The molecule has 4 saturated heterocycles. The van der Waals surface area contributed by atoms with Crippen LogP contribution >= 0.6 is 22.9 Å². The smallest absolute Gasteiger partial charge is 0.319 e. The Labute approximate surface area is 489 Å². The number of halogens is 5. The molecule has 17 nitrogen and oxygen atoms in total. The van der Waals surface area contributed by atoms with Gasteiger partial charge in [-0.05, 0) is 60.1 Å². The molecule has 3 aromatic heterocycles. The number of hydrogen-bond acceptors (Lipinski definition) is 15. The topological polar surface area (TPSA) is 219 Å². The zero-order chi connectivity index (χ0) is 58.7. The number of piperazine rings is 1. The normalized spacial score (nSPS) is 19.7. The van der Waals surface area contributed by atoms with Crippen molar-refractivity contribution < 1.29 is 46.5 Å². The van der Waals surface area contributed by atoms with Crippen molar-refractivity contribution in [3.8, 4) is 51.3 Å². The number of aliphatic hydroxyl groups is 1. The highest BCUT2D eigenvalue weighted by Crippen LogP contribution is 2.50. The number of likely N-dealkylation sites (tertiary alicyclic amines) is 1. The maximum absolute atomic E-state index is 15.6. The predicted octanol–water partition coefficient (Wildman–Crippen LogP) is 10.2. The average Bonchev–Trinajstić information content (AvgIpc) is 1.56. The van der Waals surface area contributed by atoms with Crippen molar-refractivity contribution in [3.05, 3.63) is 130 Å². The van der Waals surface area contributed by atoms with E-state index in [1.807, 2.05) is 38.1 Å². The zero-order valence-corrected chi connectivity index (χ0v) is 47.5. The maximum atomic E-state index is 15.6. The lowest BCUT2D eigenvalue weighted by atomic mass is 9.96. The summed E-state index contributed by atoms with van der Waals surface area (Å²) in [7, 11) is 0. The maximum Gasteiger partial charge on any atom is 0.319 e. The van der Waals surface area contributed by atoms with Crippen molar-refractivity contribution in [1.82, 2.24) is 40.5 Å². The number of carbonyl (C=O) groups is 2. The van der Waals surface area contributed by atoms with Crippen LogP contribution in [0, 0.1) is 40.5 Å². The standard InChI is InChI=1S/C61H58ClF4N11O6S/c1-30(2)54(60(80)76-27-39(78)22-49(76)59(79)69-31(3)33-8-10-35(11-9-33)50-46(65)20-36(63)21-47(50)66)77-28-48(73-74-77)34-6-4-32(5-7-34)29-82-55-52(41-14-15-45(64)56-51(41)43(24-67)57(68)84-56)44(62)23-42-53(55)71-61(83-40-16-18-81-19-17-40)72-58(42)75-25-37-12-13-38(26-75)70-37/h4-11,14-15,20-21,23,28,30-31,37-40,49,54,70,78H,12-13,16-19,22,25-27,29,68H2,1-3H3,(H,69,79)/t31-,37?,38?,39+,49-,54-/m0/s1. The summed E-state index contributed by atoms with van der Waals surface area (Å²) >= 11 is 8.40. The lowest BCUT2D eigenvalue weighted by Crippen LogP contribution is -2.51. The fourth-order valence-corrected chi connectivity index (χ4v) is 13.3. The molecule has 7 heterocycles. The van der Waals surface area contributed by atoms with E-state index in [-0.39, 0.29) is 86.9 Å². The first-order valence-corrected chi connectivity index (χ1v) is 29.1. The van der Waals surface area contributed by atoms with E-state index < -0.39 is 59.3 Å². The van der Waals surface area contributed by atoms with Gasteiger partial charge in [-0.1, -0.05) is 85.3 Å². The number of thiophene rings is 1. The van der Waals surface area contributed by atoms with Gasteiger partial charge in [0.25, 0.3) is 0 Å². The number of rotatable bonds is 15. The van der Waals surface area contributed by atoms with Crippen molar-refractivity contribution in [2.45, 2.75) is 102 Å². The molecule has 5 aromatic carbocycles. The van der Waals surface area contributed by atoms with Gasteiger partial charge < -0.3 is 45.5 Å². The molecule has 0 spiro atoms. The van der Waals surface area contributed by atoms with Gasteiger partial charge in [-0.3, -0.25) is 9.59 Å². The number of nitrogens with zero attached hydrogens (tertiary/aromatic N) is 8. The number of benzene rings is 5. The second-order valence-corrected chi connectivity index (χ2v) is 23.7. The summed E-state index contributed by atoms with van der Waals surface area (Å²) in [5.74, 6) is -4.04. The molecule has 2 unspecified atom stereocenters. The van der Waals surface area contributed by atoms with Crippen LogP contribution in [0.5, 0.6) is 11.8 Å². The van der Waals surface area contributed by atoms with Gasteiger partial charge in [0.2, 0.25) is 11.8 Å². The fourth-order valence-electron chi connectivity index (χ4n) is 12.1. The summed E-state index contributed by atoms with van der Waals surface area (Å²) in [5.41, 5.74) is 9.94. The van der Waals surface area contributed by atoms with Gasteiger partial charge in [0.15, 0.2) is 5.75 Å². The van der Waals surface area contributed by atoms with Crippen molar-refractivity contribution in [2.24, 2.45) is 5.92 Å². The van der Waals surface area contributed by atoms with Crippen LogP contribution in [-0.4, -0.2) is 110 Å². The molecule has 2 bridgehead atoms. The predicted molar refractivity (Wildman–Crippen MR) is 309 cm³/mol. The number of nitrogens with two attached hydrogens (primary N) is 1. The SMILES string of the molecule is CC(C)[C@@H](C(=O)N1C[C@H](O)C[C@H]1C(=O)N[C@@H](C)c1ccc(-c2c(F)cc(F)cc2F)cc1)n1cc(-c2ccc(COc3c(-c4ccc(F)c5sc(N)c(C#N)c45)c(Cl)cc4c(N5CC6CCC(C5)N6)nc(OC5CCOCC5)nc34)cc2)nn1. The van der Waals surface area contributed by atoms with Gasteiger partial charge in [-0.15, -0.1) is 16.4 Å². The van der Waals surface area contributed by atoms with E-state index >= 15 is 4.39 Å². The third-order valence-corrected chi connectivity index (χ3v) is 17.6. The van der Waals surface area contributed by atoms with E-state index in [9.17, 15) is 33.1 Å². The highest BCUT2D eigenvalue weighted by atomic mass is 35.5. The first-order valence-electron chi connectivity index (χ1n) is 27.9. The lowest BCUT2D eigenvalue weighted by Gasteiger charge is -2.34. The largest absolute Gasteiger partial charge is 0.486 e. The van der Waals surface area contributed by atoms with E-state index in [2.05, 4.69) is 31.9 Å². The number of ether oxygens (including phenoxy) is 3. The fraction of sp³-hybridized carbons (Fsp3) is 0.361. The van der Waals surface area contributed by atoms with E-state index in [1.54, 1.807) is 37.4 Å². The van der Waals surface area contributed by atoms with Crippen LogP contribution in [-0.2, 0) is 20.9 Å².